The van der Waals surface area contributed by atoms with Crippen molar-refractivity contribution in [3.63, 3.8) is 0 Å². The molecule has 1 aliphatic rings. The molecule has 196 valence electrons. The van der Waals surface area contributed by atoms with Gasteiger partial charge in [-0.15, -0.1) is 0 Å². The number of benzene rings is 6. The molecular weight excluding hydrogens is 496 g/mol. The molecule has 7 aromatic rings. The summed E-state index contributed by atoms with van der Waals surface area (Å²) in [5.74, 6) is 0. The Morgan fingerprint density at radius 3 is 1.85 bits per heavy atom. The van der Waals surface area contributed by atoms with E-state index < -0.39 is 0 Å². The molecule has 0 spiro atoms. The maximum Gasteiger partial charge on any atom is 0.0546 e. The van der Waals surface area contributed by atoms with Crippen LogP contribution in [0.1, 0.15) is 25.0 Å². The number of hydrogen-bond acceptors (Lipinski definition) is 1. The van der Waals surface area contributed by atoms with Gasteiger partial charge in [0.05, 0.1) is 5.52 Å². The van der Waals surface area contributed by atoms with Crippen molar-refractivity contribution in [1.29, 1.82) is 0 Å². The summed E-state index contributed by atoms with van der Waals surface area (Å²) in [5, 5.41) is 2.47. The quantitative estimate of drug-likeness (QED) is 0.242. The third-order valence-electron chi connectivity index (χ3n) is 8.78. The number of aromatic nitrogens is 1. The molecule has 1 heterocycles. The van der Waals surface area contributed by atoms with E-state index in [-0.39, 0.29) is 5.41 Å². The van der Waals surface area contributed by atoms with E-state index in [4.69, 9.17) is 0 Å². The summed E-state index contributed by atoms with van der Waals surface area (Å²) in [6, 6.07) is 50.5. The average molecular weight is 527 g/mol. The monoisotopic (exact) mass is 526 g/mol. The molecule has 0 saturated heterocycles. The second-order valence-corrected chi connectivity index (χ2v) is 11.5. The number of nitrogens with one attached hydrogen (secondary N) is 1. The van der Waals surface area contributed by atoms with Gasteiger partial charge in [0, 0.05) is 44.3 Å². The van der Waals surface area contributed by atoms with Crippen molar-refractivity contribution in [2.75, 3.05) is 4.90 Å². The summed E-state index contributed by atoms with van der Waals surface area (Å²) in [6.45, 7) is 4.70. The van der Waals surface area contributed by atoms with Gasteiger partial charge in [-0.3, -0.25) is 0 Å². The van der Waals surface area contributed by atoms with Crippen LogP contribution in [-0.4, -0.2) is 4.98 Å². The molecule has 0 amide bonds. The van der Waals surface area contributed by atoms with Gasteiger partial charge in [-0.05, 0) is 70.3 Å². The topological polar surface area (TPSA) is 19.0 Å². The maximum absolute atomic E-state index is 3.81. The lowest BCUT2D eigenvalue weighted by Gasteiger charge is -2.26. The van der Waals surface area contributed by atoms with Crippen molar-refractivity contribution in [2.24, 2.45) is 0 Å². The third-order valence-corrected chi connectivity index (χ3v) is 8.78. The van der Waals surface area contributed by atoms with Crippen LogP contribution in [0.2, 0.25) is 0 Å². The number of fused-ring (bicyclic) bond motifs is 6. The fourth-order valence-electron chi connectivity index (χ4n) is 6.86. The average Bonchev–Trinajstić information content (AvgIpc) is 3.51. The maximum atomic E-state index is 3.81. The first-order valence-electron chi connectivity index (χ1n) is 14.3. The molecule has 8 rings (SSSR count). The molecule has 0 saturated carbocycles. The van der Waals surface area contributed by atoms with Gasteiger partial charge in [-0.1, -0.05) is 111 Å². The number of H-pyrrole nitrogens is 1. The van der Waals surface area contributed by atoms with E-state index in [1.165, 1.54) is 49.7 Å². The van der Waals surface area contributed by atoms with Gasteiger partial charge in [0.25, 0.3) is 0 Å². The van der Waals surface area contributed by atoms with Gasteiger partial charge in [0.1, 0.15) is 0 Å². The van der Waals surface area contributed by atoms with E-state index >= 15 is 0 Å². The normalized spacial score (nSPS) is 13.3. The van der Waals surface area contributed by atoms with Gasteiger partial charge >= 0.3 is 0 Å². The third kappa shape index (κ3) is 3.57. The van der Waals surface area contributed by atoms with Crippen LogP contribution in [0.3, 0.4) is 0 Å². The van der Waals surface area contributed by atoms with Gasteiger partial charge in [-0.25, -0.2) is 0 Å². The van der Waals surface area contributed by atoms with E-state index in [1.807, 2.05) is 0 Å². The highest BCUT2D eigenvalue weighted by Crippen LogP contribution is 2.53. The lowest BCUT2D eigenvalue weighted by atomic mass is 9.82. The first kappa shape index (κ1) is 23.8. The van der Waals surface area contributed by atoms with Crippen LogP contribution in [0, 0.1) is 0 Å². The molecule has 1 N–H and O–H groups in total. The van der Waals surface area contributed by atoms with Gasteiger partial charge < -0.3 is 9.88 Å². The zero-order chi connectivity index (χ0) is 27.6. The summed E-state index contributed by atoms with van der Waals surface area (Å²) in [5.41, 5.74) is 13.6. The minimum Gasteiger partial charge on any atom is -0.354 e. The molecule has 41 heavy (non-hydrogen) atoms. The minimum atomic E-state index is -0.0563. The SMILES string of the molecule is CC1(C)c2ccccc2-c2c(-c3cc(N(c4ccccc4)c4ccccc4)cc4c3[nH]c3ccccc34)cccc21. The number of hydrogen-bond donors (Lipinski definition) is 1. The second kappa shape index (κ2) is 8.97. The van der Waals surface area contributed by atoms with Crippen molar-refractivity contribution in [1.82, 2.24) is 4.98 Å². The van der Waals surface area contributed by atoms with E-state index in [9.17, 15) is 0 Å². The zero-order valence-corrected chi connectivity index (χ0v) is 23.2. The summed E-state index contributed by atoms with van der Waals surface area (Å²) in [4.78, 5) is 6.17. The number of anilines is 3. The van der Waals surface area contributed by atoms with E-state index in [0.29, 0.717) is 0 Å². The summed E-state index contributed by atoms with van der Waals surface area (Å²) in [6.07, 6.45) is 0. The highest BCUT2D eigenvalue weighted by molar-refractivity contribution is 6.15. The Balaban J connectivity index is 1.48. The Kier molecular flexibility index (Phi) is 5.20. The van der Waals surface area contributed by atoms with Gasteiger partial charge in [-0.2, -0.15) is 0 Å². The predicted octanol–water partition coefficient (Wildman–Crippen LogP) is 10.8. The fourth-order valence-corrected chi connectivity index (χ4v) is 6.86. The van der Waals surface area contributed by atoms with Crippen molar-refractivity contribution >= 4 is 38.9 Å². The first-order valence-corrected chi connectivity index (χ1v) is 14.3. The minimum absolute atomic E-state index is 0.0563. The van der Waals surface area contributed by atoms with E-state index in [0.717, 1.165) is 22.6 Å². The first-order chi connectivity index (χ1) is 20.1. The van der Waals surface area contributed by atoms with Crippen LogP contribution in [0.25, 0.3) is 44.1 Å². The molecule has 0 radical (unpaired) electrons. The molecular formula is C39H30N2. The van der Waals surface area contributed by atoms with Crippen molar-refractivity contribution in [3.8, 4) is 22.3 Å². The predicted molar refractivity (Wildman–Crippen MR) is 173 cm³/mol. The second-order valence-electron chi connectivity index (χ2n) is 11.5. The Bertz CT molecular complexity index is 2030. The standard InChI is InChI=1S/C39H30N2/c1-39(2)34-21-11-9-19-31(34)37-30(20-13-22-35(37)39)33-25-28(24-32-29-18-10-12-23-36(29)40-38(32)33)41(26-14-5-3-6-15-26)27-16-7-4-8-17-27/h3-25,40H,1-2H3. The highest BCUT2D eigenvalue weighted by atomic mass is 15.1. The highest BCUT2D eigenvalue weighted by Gasteiger charge is 2.37. The molecule has 1 aromatic heterocycles. The molecule has 6 aromatic carbocycles. The smallest absolute Gasteiger partial charge is 0.0546 e. The van der Waals surface area contributed by atoms with Crippen molar-refractivity contribution in [2.45, 2.75) is 19.3 Å². The Labute approximate surface area is 240 Å². The van der Waals surface area contributed by atoms with Crippen molar-refractivity contribution in [3.05, 3.63) is 151 Å². The van der Waals surface area contributed by atoms with Crippen LogP contribution in [0.5, 0.6) is 0 Å². The Morgan fingerprint density at radius 1 is 0.488 bits per heavy atom. The van der Waals surface area contributed by atoms with Crippen LogP contribution in [0.15, 0.2) is 140 Å². The molecule has 0 fully saturated rings. The molecule has 0 bridgehead atoms. The molecule has 0 unspecified atom stereocenters. The molecule has 0 aliphatic heterocycles. The Morgan fingerprint density at radius 2 is 1.10 bits per heavy atom. The summed E-state index contributed by atoms with van der Waals surface area (Å²) in [7, 11) is 0. The number of aromatic amines is 1. The van der Waals surface area contributed by atoms with Crippen molar-refractivity contribution < 1.29 is 0 Å². The largest absolute Gasteiger partial charge is 0.354 e. The van der Waals surface area contributed by atoms with Gasteiger partial charge in [0.2, 0.25) is 0 Å². The Hall–Kier alpha value is -5.08. The number of para-hydroxylation sites is 3. The lowest BCUT2D eigenvalue weighted by Crippen LogP contribution is -2.14. The molecule has 2 nitrogen and oxygen atoms in total. The number of nitrogens with zero attached hydrogens (tertiary/aromatic N) is 1. The molecule has 2 heteroatoms. The number of rotatable bonds is 4. The lowest BCUT2D eigenvalue weighted by molar-refractivity contribution is 0.660. The molecule has 1 aliphatic carbocycles. The van der Waals surface area contributed by atoms with Crippen LogP contribution in [0.4, 0.5) is 17.1 Å². The van der Waals surface area contributed by atoms with Crippen LogP contribution >= 0.6 is 0 Å². The summed E-state index contributed by atoms with van der Waals surface area (Å²) < 4.78 is 0. The molecule has 0 atom stereocenters. The fraction of sp³-hybridized carbons (Fsp3) is 0.0769. The van der Waals surface area contributed by atoms with E-state index in [2.05, 4.69) is 163 Å². The van der Waals surface area contributed by atoms with Crippen LogP contribution in [-0.2, 0) is 5.41 Å². The van der Waals surface area contributed by atoms with Gasteiger partial charge in [0.15, 0.2) is 0 Å². The van der Waals surface area contributed by atoms with E-state index in [1.54, 1.807) is 0 Å². The zero-order valence-electron chi connectivity index (χ0n) is 23.2. The van der Waals surface area contributed by atoms with Crippen LogP contribution < -0.4 is 4.90 Å². The summed E-state index contributed by atoms with van der Waals surface area (Å²) >= 11 is 0.